The Bertz CT molecular complexity index is 266. The van der Waals surface area contributed by atoms with Crippen molar-refractivity contribution in [3.63, 3.8) is 0 Å². The highest BCUT2D eigenvalue weighted by Gasteiger charge is 1.95. The first kappa shape index (κ1) is 9.13. The van der Waals surface area contributed by atoms with Gasteiger partial charge in [-0.2, -0.15) is 0 Å². The number of hydrogen-bond acceptors (Lipinski definition) is 2. The van der Waals surface area contributed by atoms with Crippen LogP contribution in [-0.4, -0.2) is 11.6 Å². The second-order valence-corrected chi connectivity index (χ2v) is 3.71. The van der Waals surface area contributed by atoms with E-state index in [1.807, 2.05) is 24.3 Å². The van der Waals surface area contributed by atoms with Gasteiger partial charge in [-0.25, -0.2) is 0 Å². The average molecular weight is 180 g/mol. The van der Waals surface area contributed by atoms with Gasteiger partial charge in [0.05, 0.1) is 0 Å². The lowest BCUT2D eigenvalue weighted by atomic mass is 10.2. The van der Waals surface area contributed by atoms with Crippen LogP contribution in [0.15, 0.2) is 29.2 Å². The summed E-state index contributed by atoms with van der Waals surface area (Å²) < 4.78 is 0. The van der Waals surface area contributed by atoms with Crippen LogP contribution < -0.4 is 5.73 Å². The molecule has 0 amide bonds. The van der Waals surface area contributed by atoms with Crippen molar-refractivity contribution in [1.82, 2.24) is 0 Å². The van der Waals surface area contributed by atoms with Crippen molar-refractivity contribution >= 4 is 17.6 Å². The average Bonchev–Trinajstić information content (AvgIpc) is 2.06. The summed E-state index contributed by atoms with van der Waals surface area (Å²) in [5, 5.41) is 7.18. The molecule has 1 rings (SSSR count). The predicted molar refractivity (Wildman–Crippen MR) is 53.9 cm³/mol. The van der Waals surface area contributed by atoms with Crippen molar-refractivity contribution in [1.29, 1.82) is 5.41 Å². The van der Waals surface area contributed by atoms with Gasteiger partial charge in [-0.05, 0) is 17.9 Å². The van der Waals surface area contributed by atoms with E-state index >= 15 is 0 Å². The maximum absolute atomic E-state index is 7.18. The molecule has 1 aromatic rings. The molecule has 12 heavy (non-hydrogen) atoms. The Labute approximate surface area is 76.7 Å². The third kappa shape index (κ3) is 2.27. The maximum Gasteiger partial charge on any atom is 0.122 e. The molecule has 1 aromatic carbocycles. The number of nitrogen functional groups attached to an aromatic ring is 1. The lowest BCUT2D eigenvalue weighted by Gasteiger charge is -2.00. The number of nitrogens with one attached hydrogen (secondary N) is 1. The zero-order chi connectivity index (χ0) is 8.97. The lowest BCUT2D eigenvalue weighted by molar-refractivity contribution is 1.38. The summed E-state index contributed by atoms with van der Waals surface area (Å²) in [5.74, 6) is 1.20. The van der Waals surface area contributed by atoms with Gasteiger partial charge in [0.25, 0.3) is 0 Å². The summed E-state index contributed by atoms with van der Waals surface area (Å²) in [7, 11) is 0. The predicted octanol–water partition coefficient (Wildman–Crippen LogP) is 2.08. The smallest absolute Gasteiger partial charge is 0.122 e. The Balaban J connectivity index is 2.78. The first-order valence-electron chi connectivity index (χ1n) is 3.81. The van der Waals surface area contributed by atoms with Crippen molar-refractivity contribution < 1.29 is 0 Å². The molecule has 0 unspecified atom stereocenters. The maximum atomic E-state index is 7.18. The van der Waals surface area contributed by atoms with E-state index in [4.69, 9.17) is 11.1 Å². The third-order valence-corrected chi connectivity index (χ3v) is 2.37. The van der Waals surface area contributed by atoms with Crippen LogP contribution >= 0.6 is 11.8 Å². The molecule has 0 bridgehead atoms. The molecule has 2 nitrogen and oxygen atoms in total. The van der Waals surface area contributed by atoms with Crippen LogP contribution in [0, 0.1) is 5.41 Å². The molecule has 0 spiro atoms. The van der Waals surface area contributed by atoms with Gasteiger partial charge < -0.3 is 5.73 Å². The van der Waals surface area contributed by atoms with Crippen LogP contribution in [0.3, 0.4) is 0 Å². The molecule has 0 aromatic heterocycles. The van der Waals surface area contributed by atoms with E-state index in [9.17, 15) is 0 Å². The number of amidine groups is 1. The van der Waals surface area contributed by atoms with E-state index in [1.54, 1.807) is 11.8 Å². The van der Waals surface area contributed by atoms with Crippen LogP contribution in [0.4, 0.5) is 0 Å². The largest absolute Gasteiger partial charge is 0.384 e. The summed E-state index contributed by atoms with van der Waals surface area (Å²) in [6.45, 7) is 2.11. The van der Waals surface area contributed by atoms with Gasteiger partial charge in [-0.3, -0.25) is 5.41 Å². The fraction of sp³-hybridized carbons (Fsp3) is 0.222. The van der Waals surface area contributed by atoms with Crippen LogP contribution in [-0.2, 0) is 0 Å². The van der Waals surface area contributed by atoms with Crippen molar-refractivity contribution in [2.45, 2.75) is 11.8 Å². The second kappa shape index (κ2) is 4.16. The van der Waals surface area contributed by atoms with E-state index in [0.717, 1.165) is 11.3 Å². The first-order valence-corrected chi connectivity index (χ1v) is 4.80. The number of benzene rings is 1. The molecule has 0 saturated heterocycles. The third-order valence-electron chi connectivity index (χ3n) is 1.48. The molecule has 64 valence electrons. The fourth-order valence-electron chi connectivity index (χ4n) is 0.897. The minimum atomic E-state index is 0.128. The zero-order valence-corrected chi connectivity index (χ0v) is 7.82. The highest BCUT2D eigenvalue weighted by Crippen LogP contribution is 2.17. The van der Waals surface area contributed by atoms with Crippen molar-refractivity contribution in [2.75, 3.05) is 5.75 Å². The molecule has 0 atom stereocenters. The molecule has 3 heteroatoms. The van der Waals surface area contributed by atoms with Crippen LogP contribution in [0.2, 0.25) is 0 Å². The zero-order valence-electron chi connectivity index (χ0n) is 7.00. The van der Waals surface area contributed by atoms with Gasteiger partial charge in [0.2, 0.25) is 0 Å². The Kier molecular flexibility index (Phi) is 3.17. The summed E-state index contributed by atoms with van der Waals surface area (Å²) in [5.41, 5.74) is 6.10. The molecule has 0 aliphatic rings. The van der Waals surface area contributed by atoms with E-state index in [1.165, 1.54) is 4.90 Å². The number of hydrogen-bond donors (Lipinski definition) is 2. The highest BCUT2D eigenvalue weighted by molar-refractivity contribution is 7.99. The molecular weight excluding hydrogens is 168 g/mol. The first-order chi connectivity index (χ1) is 5.74. The lowest BCUT2D eigenvalue weighted by Crippen LogP contribution is -2.10. The van der Waals surface area contributed by atoms with Gasteiger partial charge >= 0.3 is 0 Å². The molecule has 0 heterocycles. The monoisotopic (exact) mass is 180 g/mol. The Hall–Kier alpha value is -0.960. The Morgan fingerprint density at radius 3 is 2.42 bits per heavy atom. The van der Waals surface area contributed by atoms with E-state index in [-0.39, 0.29) is 5.84 Å². The molecule has 3 N–H and O–H groups in total. The number of rotatable bonds is 3. The molecule has 0 aliphatic heterocycles. The topological polar surface area (TPSA) is 49.9 Å². The fourth-order valence-corrected chi connectivity index (χ4v) is 1.56. The van der Waals surface area contributed by atoms with Gasteiger partial charge in [-0.1, -0.05) is 19.1 Å². The quantitative estimate of drug-likeness (QED) is 0.425. The number of thioether (sulfide) groups is 1. The van der Waals surface area contributed by atoms with Gasteiger partial charge in [0, 0.05) is 10.5 Å². The molecular formula is C9H12N2S. The van der Waals surface area contributed by atoms with Crippen molar-refractivity contribution in [3.05, 3.63) is 29.8 Å². The summed E-state index contributed by atoms with van der Waals surface area (Å²) in [6, 6.07) is 7.73. The SMILES string of the molecule is CCSc1ccc(C(=N)N)cc1. The molecule has 0 radical (unpaired) electrons. The van der Waals surface area contributed by atoms with Gasteiger partial charge in [0.15, 0.2) is 0 Å². The summed E-state index contributed by atoms with van der Waals surface area (Å²) in [4.78, 5) is 1.22. The van der Waals surface area contributed by atoms with Gasteiger partial charge in [0.1, 0.15) is 5.84 Å². The van der Waals surface area contributed by atoms with Crippen LogP contribution in [0.25, 0.3) is 0 Å². The van der Waals surface area contributed by atoms with Crippen LogP contribution in [0.5, 0.6) is 0 Å². The number of nitrogens with two attached hydrogens (primary N) is 1. The van der Waals surface area contributed by atoms with Gasteiger partial charge in [-0.15, -0.1) is 11.8 Å². The van der Waals surface area contributed by atoms with Crippen LogP contribution in [0.1, 0.15) is 12.5 Å². The Morgan fingerprint density at radius 2 is 2.00 bits per heavy atom. The summed E-state index contributed by atoms with van der Waals surface area (Å²) >= 11 is 1.78. The van der Waals surface area contributed by atoms with E-state index in [2.05, 4.69) is 6.92 Å². The summed E-state index contributed by atoms with van der Waals surface area (Å²) in [6.07, 6.45) is 0. The van der Waals surface area contributed by atoms with E-state index < -0.39 is 0 Å². The van der Waals surface area contributed by atoms with Crippen molar-refractivity contribution in [3.8, 4) is 0 Å². The highest BCUT2D eigenvalue weighted by atomic mass is 32.2. The minimum Gasteiger partial charge on any atom is -0.384 e. The molecule has 0 fully saturated rings. The molecule has 0 saturated carbocycles. The van der Waals surface area contributed by atoms with Crippen molar-refractivity contribution in [2.24, 2.45) is 5.73 Å². The standard InChI is InChI=1S/C9H12N2S/c1-2-12-8-5-3-7(4-6-8)9(10)11/h3-6H,2H2,1H3,(H3,10,11). The minimum absolute atomic E-state index is 0.128. The van der Waals surface area contributed by atoms with E-state index in [0.29, 0.717) is 0 Å². The second-order valence-electron chi connectivity index (χ2n) is 2.37. The normalized spacial score (nSPS) is 9.75. The Morgan fingerprint density at radius 1 is 1.42 bits per heavy atom. The molecule has 0 aliphatic carbocycles.